The summed E-state index contributed by atoms with van der Waals surface area (Å²) in [6.07, 6.45) is 5.20. The Labute approximate surface area is 177 Å². The van der Waals surface area contributed by atoms with Crippen molar-refractivity contribution < 1.29 is 19.3 Å². The van der Waals surface area contributed by atoms with Gasteiger partial charge in [-0.05, 0) is 79.9 Å². The lowest BCUT2D eigenvalue weighted by Gasteiger charge is -2.37. The third-order valence-electron chi connectivity index (χ3n) is 5.16. The molecule has 0 aromatic heterocycles. The van der Waals surface area contributed by atoms with Gasteiger partial charge in [-0.25, -0.2) is 4.79 Å². The zero-order chi connectivity index (χ0) is 22.3. The number of ether oxygens (including phenoxy) is 1. The van der Waals surface area contributed by atoms with E-state index in [9.17, 15) is 9.90 Å². The zero-order valence-electron chi connectivity index (χ0n) is 19.5. The van der Waals surface area contributed by atoms with E-state index in [0.717, 1.165) is 18.3 Å². The average Bonchev–Trinajstić information content (AvgIpc) is 2.59. The second-order valence-electron chi connectivity index (χ2n) is 9.61. The summed E-state index contributed by atoms with van der Waals surface area (Å²) in [6.45, 7) is 16.9. The van der Waals surface area contributed by atoms with Crippen LogP contribution in [0.1, 0.15) is 68.2 Å². The first kappa shape index (κ1) is 25.5. The second-order valence-corrected chi connectivity index (χ2v) is 9.61. The molecule has 0 atom stereocenters. The number of aliphatic imine (C=N–C) groups is 1. The molecule has 1 aliphatic heterocycles. The summed E-state index contributed by atoms with van der Waals surface area (Å²) < 4.78 is 11.4. The smallest absolute Gasteiger partial charge is 0.410 e. The maximum Gasteiger partial charge on any atom is 0.410 e. The van der Waals surface area contributed by atoms with Gasteiger partial charge in [0, 0.05) is 31.9 Å². The molecule has 1 heterocycles. The Balaban J connectivity index is 2.61. The first-order valence-corrected chi connectivity index (χ1v) is 10.5. The van der Waals surface area contributed by atoms with Crippen molar-refractivity contribution in [3.63, 3.8) is 0 Å². The van der Waals surface area contributed by atoms with Crippen molar-refractivity contribution in [1.29, 1.82) is 0 Å². The van der Waals surface area contributed by atoms with Crippen LogP contribution in [0.4, 0.5) is 4.79 Å². The number of carbonyl (C=O) groups is 1. The monoisotopic (exact) mass is 409 g/mol. The van der Waals surface area contributed by atoms with E-state index in [1.807, 2.05) is 54.0 Å². The Morgan fingerprint density at radius 3 is 2.28 bits per heavy atom. The fourth-order valence-corrected chi connectivity index (χ4v) is 2.55. The standard InChI is InChI=1S/C21H40BN3O4/c1-9-23-14-16(22-29-21(7,8)20(5,6)27)15-24-17-10-12-25(13-11-17)18(26)28-19(2,3)4/h14-15,17,22,24,27H,9-13H2,1-8H3/b16-15+,23-14+. The van der Waals surface area contributed by atoms with Crippen molar-refractivity contribution in [2.75, 3.05) is 19.6 Å². The molecule has 7 nitrogen and oxygen atoms in total. The van der Waals surface area contributed by atoms with Gasteiger partial charge in [0.25, 0.3) is 0 Å². The van der Waals surface area contributed by atoms with Crippen LogP contribution in [-0.4, -0.2) is 72.3 Å². The maximum atomic E-state index is 12.2. The first-order valence-electron chi connectivity index (χ1n) is 10.5. The minimum Gasteiger partial charge on any atom is -0.444 e. The highest BCUT2D eigenvalue weighted by molar-refractivity contribution is 6.46. The van der Waals surface area contributed by atoms with E-state index in [0.29, 0.717) is 27.1 Å². The van der Waals surface area contributed by atoms with Crippen LogP contribution in [0.2, 0.25) is 0 Å². The number of likely N-dealkylation sites (tertiary alicyclic amines) is 1. The fourth-order valence-electron chi connectivity index (χ4n) is 2.55. The van der Waals surface area contributed by atoms with Gasteiger partial charge in [-0.2, -0.15) is 0 Å². The van der Waals surface area contributed by atoms with Gasteiger partial charge in [0.05, 0.1) is 11.2 Å². The summed E-state index contributed by atoms with van der Waals surface area (Å²) in [5, 5.41) is 13.7. The highest BCUT2D eigenvalue weighted by Crippen LogP contribution is 2.24. The van der Waals surface area contributed by atoms with E-state index in [-0.39, 0.29) is 12.1 Å². The van der Waals surface area contributed by atoms with Crippen molar-refractivity contribution in [1.82, 2.24) is 10.2 Å². The fraction of sp³-hybridized carbons (Fsp3) is 0.810. The molecule has 1 saturated heterocycles. The molecule has 166 valence electrons. The van der Waals surface area contributed by atoms with Gasteiger partial charge in [0.1, 0.15) is 5.60 Å². The quantitative estimate of drug-likeness (QED) is 0.476. The van der Waals surface area contributed by atoms with E-state index in [4.69, 9.17) is 9.39 Å². The third-order valence-corrected chi connectivity index (χ3v) is 5.16. The van der Waals surface area contributed by atoms with Crippen LogP contribution in [0.25, 0.3) is 0 Å². The number of hydrogen-bond donors (Lipinski definition) is 2. The van der Waals surface area contributed by atoms with Crippen LogP contribution in [-0.2, 0) is 9.39 Å². The maximum absolute atomic E-state index is 12.2. The summed E-state index contributed by atoms with van der Waals surface area (Å²) >= 11 is 0. The summed E-state index contributed by atoms with van der Waals surface area (Å²) in [6, 6.07) is 0.279. The van der Waals surface area contributed by atoms with Gasteiger partial charge in [0.15, 0.2) is 0 Å². The van der Waals surface area contributed by atoms with Gasteiger partial charge < -0.3 is 24.7 Å². The Morgan fingerprint density at radius 2 is 1.79 bits per heavy atom. The summed E-state index contributed by atoms with van der Waals surface area (Å²) in [4.78, 5) is 18.3. The van der Waals surface area contributed by atoms with Crippen LogP contribution in [0.3, 0.4) is 0 Å². The van der Waals surface area contributed by atoms with Crippen molar-refractivity contribution in [2.24, 2.45) is 4.99 Å². The van der Waals surface area contributed by atoms with E-state index in [1.54, 1.807) is 18.7 Å². The zero-order valence-corrected chi connectivity index (χ0v) is 19.5. The van der Waals surface area contributed by atoms with E-state index < -0.39 is 16.8 Å². The summed E-state index contributed by atoms with van der Waals surface area (Å²) in [5.74, 6) is 0. The Kier molecular flexibility index (Phi) is 9.22. The number of hydrogen-bond acceptors (Lipinski definition) is 6. The number of carbonyl (C=O) groups excluding carboxylic acids is 1. The Hall–Kier alpha value is -1.54. The van der Waals surface area contributed by atoms with E-state index in [1.165, 1.54) is 0 Å². The molecule has 0 bridgehead atoms. The van der Waals surface area contributed by atoms with Crippen molar-refractivity contribution in [3.8, 4) is 0 Å². The molecule has 2 N–H and O–H groups in total. The van der Waals surface area contributed by atoms with Crippen LogP contribution in [0.5, 0.6) is 0 Å². The number of allylic oxidation sites excluding steroid dienone is 1. The third kappa shape index (κ3) is 9.21. The van der Waals surface area contributed by atoms with Gasteiger partial charge in [-0.15, -0.1) is 0 Å². The molecule has 0 spiro atoms. The number of piperidine rings is 1. The van der Waals surface area contributed by atoms with E-state index in [2.05, 4.69) is 10.3 Å². The minimum absolute atomic E-state index is 0.246. The largest absolute Gasteiger partial charge is 0.444 e. The van der Waals surface area contributed by atoms with Gasteiger partial charge >= 0.3 is 13.6 Å². The SMILES string of the molecule is CC/N=C/C(BOC(C)(C)C(C)(C)O)=C\NC1CCN(C(=O)OC(C)(C)C)CC1. The molecular formula is C21H40BN3O4. The molecule has 0 saturated carbocycles. The number of amides is 1. The highest BCUT2D eigenvalue weighted by Gasteiger charge is 2.35. The summed E-state index contributed by atoms with van der Waals surface area (Å²) in [5.41, 5.74) is -1.20. The van der Waals surface area contributed by atoms with Gasteiger partial charge in [-0.3, -0.25) is 4.99 Å². The molecule has 29 heavy (non-hydrogen) atoms. The molecule has 0 aromatic rings. The molecule has 1 amide bonds. The van der Waals surface area contributed by atoms with Crippen LogP contribution in [0.15, 0.2) is 16.7 Å². The van der Waals surface area contributed by atoms with E-state index >= 15 is 0 Å². The van der Waals surface area contributed by atoms with Crippen LogP contribution < -0.4 is 5.32 Å². The molecular weight excluding hydrogens is 369 g/mol. The molecule has 0 radical (unpaired) electrons. The lowest BCUT2D eigenvalue weighted by molar-refractivity contribution is -0.0895. The molecule has 1 aliphatic rings. The van der Waals surface area contributed by atoms with Gasteiger partial charge in [-0.1, -0.05) is 0 Å². The average molecular weight is 409 g/mol. The van der Waals surface area contributed by atoms with Crippen LogP contribution in [0, 0.1) is 0 Å². The molecule has 1 rings (SSSR count). The predicted molar refractivity (Wildman–Crippen MR) is 120 cm³/mol. The predicted octanol–water partition coefficient (Wildman–Crippen LogP) is 2.83. The lowest BCUT2D eigenvalue weighted by atomic mass is 9.83. The number of aliphatic hydroxyl groups is 1. The number of rotatable bonds is 8. The second kappa shape index (κ2) is 10.5. The number of nitrogens with zero attached hydrogens (tertiary/aromatic N) is 2. The van der Waals surface area contributed by atoms with Gasteiger partial charge in [0.2, 0.25) is 0 Å². The van der Waals surface area contributed by atoms with Crippen molar-refractivity contribution in [3.05, 3.63) is 11.7 Å². The lowest BCUT2D eigenvalue weighted by Crippen LogP contribution is -2.48. The highest BCUT2D eigenvalue weighted by atomic mass is 16.6. The molecule has 0 unspecified atom stereocenters. The molecule has 0 aliphatic carbocycles. The van der Waals surface area contributed by atoms with Crippen molar-refractivity contribution in [2.45, 2.75) is 91.1 Å². The molecule has 1 fully saturated rings. The molecule has 8 heteroatoms. The van der Waals surface area contributed by atoms with Crippen LogP contribution >= 0.6 is 0 Å². The number of nitrogens with one attached hydrogen (secondary N) is 1. The first-order chi connectivity index (χ1) is 13.2. The topological polar surface area (TPSA) is 83.4 Å². The Morgan fingerprint density at radius 1 is 1.21 bits per heavy atom. The molecule has 0 aromatic carbocycles. The minimum atomic E-state index is -0.956. The van der Waals surface area contributed by atoms with Crippen molar-refractivity contribution >= 4 is 19.8 Å². The normalized spacial score (nSPS) is 17.6. The Bertz CT molecular complexity index is 584. The summed E-state index contributed by atoms with van der Waals surface area (Å²) in [7, 11) is 0.351.